The number of carbonyl (C=O) groups is 2. The van der Waals surface area contributed by atoms with Crippen molar-refractivity contribution < 1.29 is 14.3 Å². The quantitative estimate of drug-likeness (QED) is 0.327. The number of ketones is 1. The van der Waals surface area contributed by atoms with Crippen LogP contribution in [-0.2, 0) is 14.3 Å². The maximum atomic E-state index is 12.7. The average Bonchev–Trinajstić information content (AvgIpc) is 3.15. The fourth-order valence-electron chi connectivity index (χ4n) is 9.63. The minimum Gasteiger partial charge on any atom is -0.462 e. The summed E-state index contributed by atoms with van der Waals surface area (Å²) in [5.41, 5.74) is 2.39. The largest absolute Gasteiger partial charge is 0.462 e. The number of fused-ring (bicyclic) bond motifs is 5. The molecule has 4 fully saturated rings. The third-order valence-corrected chi connectivity index (χ3v) is 11.5. The Bertz CT molecular complexity index is 876. The Morgan fingerprint density at radius 1 is 1.03 bits per heavy atom. The van der Waals surface area contributed by atoms with Crippen molar-refractivity contribution in [1.29, 1.82) is 0 Å². The van der Waals surface area contributed by atoms with E-state index in [-0.39, 0.29) is 28.8 Å². The summed E-state index contributed by atoms with van der Waals surface area (Å²) in [6.07, 6.45) is 14.6. The van der Waals surface area contributed by atoms with Crippen molar-refractivity contribution in [1.82, 2.24) is 4.90 Å². The maximum Gasteiger partial charge on any atom is 0.307 e. The Kier molecular flexibility index (Phi) is 6.77. The number of carbonyl (C=O) groups excluding carboxylic acids is 2. The molecule has 7 atom stereocenters. The van der Waals surface area contributed by atoms with Crippen LogP contribution < -0.4 is 0 Å². The lowest BCUT2D eigenvalue weighted by atomic mass is 9.47. The number of Topliss-reactive ketones (excluding diaryl/α,β-unsaturated/α-hetero) is 1. The van der Waals surface area contributed by atoms with E-state index in [1.807, 2.05) is 6.92 Å². The zero-order chi connectivity index (χ0) is 25.0. The van der Waals surface area contributed by atoms with Crippen LogP contribution in [0.5, 0.6) is 0 Å². The van der Waals surface area contributed by atoms with Gasteiger partial charge in [0, 0.05) is 25.4 Å². The summed E-state index contributed by atoms with van der Waals surface area (Å²) >= 11 is 0. The molecule has 0 aromatic carbocycles. The van der Waals surface area contributed by atoms with E-state index in [0.717, 1.165) is 63.6 Å². The third kappa shape index (κ3) is 4.66. The number of nitrogens with zero attached hydrogens (tertiary/aromatic N) is 1. The molecule has 0 bridgehead atoms. The maximum absolute atomic E-state index is 12.7. The minimum absolute atomic E-state index is 0.00840. The molecule has 0 unspecified atom stereocenters. The smallest absolute Gasteiger partial charge is 0.307 e. The van der Waals surface area contributed by atoms with Crippen molar-refractivity contribution in [2.45, 2.75) is 111 Å². The molecule has 0 aromatic heterocycles. The van der Waals surface area contributed by atoms with E-state index in [2.05, 4.69) is 38.7 Å². The first kappa shape index (κ1) is 25.5. The highest BCUT2D eigenvalue weighted by molar-refractivity contribution is 5.79. The molecule has 4 aliphatic carbocycles. The molecule has 0 amide bonds. The molecule has 5 aliphatic rings. The van der Waals surface area contributed by atoms with Crippen LogP contribution in [-0.4, -0.2) is 42.4 Å². The van der Waals surface area contributed by atoms with E-state index in [9.17, 15) is 9.59 Å². The van der Waals surface area contributed by atoms with E-state index in [0.29, 0.717) is 23.5 Å². The highest BCUT2D eigenvalue weighted by atomic mass is 16.5. The molecular weight excluding hydrogens is 434 g/mol. The first-order valence-corrected chi connectivity index (χ1v) is 14.6. The zero-order valence-electron chi connectivity index (χ0n) is 23.0. The van der Waals surface area contributed by atoms with Crippen molar-refractivity contribution in [3.05, 3.63) is 11.6 Å². The van der Waals surface area contributed by atoms with E-state index >= 15 is 0 Å². The predicted octanol–water partition coefficient (Wildman–Crippen LogP) is 6.58. The van der Waals surface area contributed by atoms with Gasteiger partial charge < -0.3 is 9.64 Å². The highest BCUT2D eigenvalue weighted by Crippen LogP contribution is 2.66. The number of hydrogen-bond donors (Lipinski definition) is 0. The summed E-state index contributed by atoms with van der Waals surface area (Å²) in [7, 11) is 0. The molecule has 0 aromatic rings. The van der Waals surface area contributed by atoms with Gasteiger partial charge in [0.25, 0.3) is 0 Å². The van der Waals surface area contributed by atoms with Gasteiger partial charge in [0.15, 0.2) is 0 Å². The Morgan fingerprint density at radius 3 is 2.57 bits per heavy atom. The Labute approximate surface area is 213 Å². The second-order valence-corrected chi connectivity index (χ2v) is 14.2. The number of piperidine rings is 1. The number of likely N-dealkylation sites (tertiary alicyclic amines) is 1. The fraction of sp³-hybridized carbons (Fsp3) is 0.871. The van der Waals surface area contributed by atoms with Gasteiger partial charge in [0.1, 0.15) is 11.9 Å². The van der Waals surface area contributed by atoms with Gasteiger partial charge in [-0.3, -0.25) is 9.59 Å². The van der Waals surface area contributed by atoms with Crippen molar-refractivity contribution >= 4 is 11.8 Å². The topological polar surface area (TPSA) is 46.6 Å². The Morgan fingerprint density at radius 2 is 1.83 bits per heavy atom. The third-order valence-electron chi connectivity index (χ3n) is 11.5. The second kappa shape index (κ2) is 9.30. The van der Waals surface area contributed by atoms with Crippen LogP contribution >= 0.6 is 0 Å². The number of hydrogen-bond acceptors (Lipinski definition) is 4. The van der Waals surface area contributed by atoms with Gasteiger partial charge in [0.05, 0.1) is 6.42 Å². The van der Waals surface area contributed by atoms with Gasteiger partial charge in [-0.25, -0.2) is 0 Å². The lowest BCUT2D eigenvalue weighted by Crippen LogP contribution is -2.51. The summed E-state index contributed by atoms with van der Waals surface area (Å²) < 4.78 is 6.05. The number of ether oxygens (including phenoxy) is 1. The Hall–Kier alpha value is -1.16. The van der Waals surface area contributed by atoms with Crippen LogP contribution in [0.25, 0.3) is 0 Å². The molecule has 3 saturated carbocycles. The predicted molar refractivity (Wildman–Crippen MR) is 140 cm³/mol. The molecule has 1 heterocycles. The highest BCUT2D eigenvalue weighted by Gasteiger charge is 2.59. The van der Waals surface area contributed by atoms with Gasteiger partial charge in [-0.2, -0.15) is 0 Å². The van der Waals surface area contributed by atoms with Gasteiger partial charge in [-0.15, -0.1) is 0 Å². The standard InChI is InChI=1S/C31H49NO3/c1-21(33)25-9-10-26-24-8-7-22-19-23(11-15-30(22,4)27(24)12-16-31(25,26)5)35-28(34)13-18-32-17-6-14-29(2,3)20-32/h7,23-27H,6,8-20H2,1-5H3/t23-,24+,25-,26+,27+,30-,31-/m0/s1. The van der Waals surface area contributed by atoms with Crippen molar-refractivity contribution in [2.24, 2.45) is 39.9 Å². The molecule has 1 aliphatic heterocycles. The van der Waals surface area contributed by atoms with E-state index in [1.54, 1.807) is 5.57 Å². The molecule has 5 rings (SSSR count). The summed E-state index contributed by atoms with van der Waals surface area (Å²) in [4.78, 5) is 27.6. The normalized spacial score (nSPS) is 42.9. The van der Waals surface area contributed by atoms with Crippen LogP contribution in [0.15, 0.2) is 11.6 Å². The van der Waals surface area contributed by atoms with Crippen LogP contribution in [0.4, 0.5) is 0 Å². The van der Waals surface area contributed by atoms with E-state index in [1.165, 1.54) is 32.1 Å². The van der Waals surface area contributed by atoms with Crippen molar-refractivity contribution in [2.75, 3.05) is 19.6 Å². The number of rotatable bonds is 5. The molecule has 4 heteroatoms. The number of esters is 1. The van der Waals surface area contributed by atoms with Crippen molar-refractivity contribution in [3.8, 4) is 0 Å². The Balaban J connectivity index is 1.19. The lowest BCUT2D eigenvalue weighted by Gasteiger charge is -2.58. The molecule has 1 saturated heterocycles. The van der Waals surface area contributed by atoms with Crippen LogP contribution in [0.1, 0.15) is 105 Å². The lowest BCUT2D eigenvalue weighted by molar-refractivity contribution is -0.152. The first-order chi connectivity index (χ1) is 16.5. The van der Waals surface area contributed by atoms with Gasteiger partial charge in [-0.05, 0) is 105 Å². The summed E-state index contributed by atoms with van der Waals surface area (Å²) in [6, 6.07) is 0. The first-order valence-electron chi connectivity index (χ1n) is 14.6. The van der Waals surface area contributed by atoms with Gasteiger partial charge in [-0.1, -0.05) is 39.3 Å². The summed E-state index contributed by atoms with van der Waals surface area (Å²) in [6.45, 7) is 14.5. The van der Waals surface area contributed by atoms with Crippen LogP contribution in [0, 0.1) is 39.9 Å². The molecule has 0 N–H and O–H groups in total. The summed E-state index contributed by atoms with van der Waals surface area (Å²) in [5, 5.41) is 0. The molecule has 0 radical (unpaired) electrons. The molecular formula is C31H49NO3. The number of allylic oxidation sites excluding steroid dienone is 1. The van der Waals surface area contributed by atoms with Crippen LogP contribution in [0.2, 0.25) is 0 Å². The van der Waals surface area contributed by atoms with E-state index < -0.39 is 0 Å². The van der Waals surface area contributed by atoms with Gasteiger partial charge >= 0.3 is 5.97 Å². The van der Waals surface area contributed by atoms with Gasteiger partial charge in [0.2, 0.25) is 0 Å². The molecule has 0 spiro atoms. The molecule has 4 nitrogen and oxygen atoms in total. The fourth-order valence-corrected chi connectivity index (χ4v) is 9.63. The summed E-state index contributed by atoms with van der Waals surface area (Å²) in [5.74, 6) is 2.83. The zero-order valence-corrected chi connectivity index (χ0v) is 23.0. The van der Waals surface area contributed by atoms with Crippen molar-refractivity contribution in [3.63, 3.8) is 0 Å². The SMILES string of the molecule is CC(=O)[C@@H]1CC[C@@H]2[C@H]3CC=C4C[C@@H](OC(=O)CCN5CCCC(C)(C)C5)CC[C@]4(C)[C@@H]3CC[C@]21C. The second-order valence-electron chi connectivity index (χ2n) is 14.2. The average molecular weight is 484 g/mol. The molecule has 35 heavy (non-hydrogen) atoms. The molecule has 196 valence electrons. The minimum atomic E-state index is -0.00840. The monoisotopic (exact) mass is 483 g/mol. The van der Waals surface area contributed by atoms with E-state index in [4.69, 9.17) is 4.74 Å². The van der Waals surface area contributed by atoms with Crippen LogP contribution in [0.3, 0.4) is 0 Å².